The van der Waals surface area contributed by atoms with Gasteiger partial charge in [-0.3, -0.25) is 4.98 Å². The van der Waals surface area contributed by atoms with E-state index in [2.05, 4.69) is 20.9 Å². The van der Waals surface area contributed by atoms with Crippen molar-refractivity contribution >= 4 is 27.6 Å². The number of pyridine rings is 1. The van der Waals surface area contributed by atoms with Gasteiger partial charge in [0.1, 0.15) is 0 Å². The van der Waals surface area contributed by atoms with Crippen molar-refractivity contribution in [1.29, 1.82) is 0 Å². The third kappa shape index (κ3) is 3.36. The minimum absolute atomic E-state index is 0.260. The molecule has 0 fully saturated rings. The highest BCUT2D eigenvalue weighted by atomic mass is 79.9. The van der Waals surface area contributed by atoms with Gasteiger partial charge in [-0.1, -0.05) is 6.07 Å². The van der Waals surface area contributed by atoms with Crippen LogP contribution in [-0.4, -0.2) is 23.1 Å². The molecule has 4 nitrogen and oxygen atoms in total. The number of hydrogen-bond donors (Lipinski definition) is 1. The van der Waals surface area contributed by atoms with E-state index in [1.54, 1.807) is 18.2 Å². The molecule has 0 aliphatic rings. The summed E-state index contributed by atoms with van der Waals surface area (Å²) in [6, 6.07) is 11.1. The molecule has 0 amide bonds. The van der Waals surface area contributed by atoms with Crippen LogP contribution in [0.3, 0.4) is 0 Å². The number of carbonyl (C=O) groups is 1. The largest absolute Gasteiger partial charge is 0.478 e. The Morgan fingerprint density at radius 3 is 2.70 bits per heavy atom. The van der Waals surface area contributed by atoms with Crippen molar-refractivity contribution in [2.75, 3.05) is 11.9 Å². The second-order valence-electron chi connectivity index (χ2n) is 4.60. The topological polar surface area (TPSA) is 53.4 Å². The lowest BCUT2D eigenvalue weighted by atomic mass is 10.2. The number of hydrogen-bond acceptors (Lipinski definition) is 3. The van der Waals surface area contributed by atoms with Gasteiger partial charge in [-0.15, -0.1) is 0 Å². The van der Waals surface area contributed by atoms with E-state index in [4.69, 9.17) is 5.11 Å². The van der Waals surface area contributed by atoms with Crippen LogP contribution in [0.5, 0.6) is 0 Å². The van der Waals surface area contributed by atoms with Crippen LogP contribution >= 0.6 is 15.9 Å². The van der Waals surface area contributed by atoms with Gasteiger partial charge in [0.25, 0.3) is 0 Å². The normalized spacial score (nSPS) is 10.3. The molecule has 2 rings (SSSR count). The number of aromatic carboxylic acids is 1. The van der Waals surface area contributed by atoms with Crippen LogP contribution in [0.15, 0.2) is 40.9 Å². The molecule has 0 saturated heterocycles. The maximum atomic E-state index is 11.0. The Morgan fingerprint density at radius 2 is 2.10 bits per heavy atom. The number of nitrogens with zero attached hydrogens (tertiary/aromatic N) is 2. The van der Waals surface area contributed by atoms with E-state index in [9.17, 15) is 4.79 Å². The van der Waals surface area contributed by atoms with Crippen molar-refractivity contribution in [3.05, 3.63) is 57.8 Å². The van der Waals surface area contributed by atoms with Crippen molar-refractivity contribution in [1.82, 2.24) is 4.98 Å². The SMILES string of the molecule is Cc1cccc(CN(C)c2ccc(C(=O)O)c(Br)c2)n1. The molecule has 5 heteroatoms. The van der Waals surface area contributed by atoms with Crippen LogP contribution in [0.4, 0.5) is 5.69 Å². The maximum Gasteiger partial charge on any atom is 0.336 e. The quantitative estimate of drug-likeness (QED) is 0.929. The summed E-state index contributed by atoms with van der Waals surface area (Å²) in [5.74, 6) is -0.938. The summed E-state index contributed by atoms with van der Waals surface area (Å²) in [5.41, 5.74) is 3.16. The van der Waals surface area contributed by atoms with E-state index in [1.165, 1.54) is 0 Å². The number of carboxylic acid groups (broad SMARTS) is 1. The molecule has 0 unspecified atom stereocenters. The van der Waals surface area contributed by atoms with E-state index in [1.807, 2.05) is 37.1 Å². The standard InChI is InChI=1S/C15H15BrN2O2/c1-10-4-3-5-11(17-10)9-18(2)12-6-7-13(15(19)20)14(16)8-12/h3-8H,9H2,1-2H3,(H,19,20). The first-order chi connectivity index (χ1) is 9.47. The molecule has 1 aromatic carbocycles. The monoisotopic (exact) mass is 334 g/mol. The Balaban J connectivity index is 2.19. The molecule has 0 atom stereocenters. The summed E-state index contributed by atoms with van der Waals surface area (Å²) in [4.78, 5) is 17.5. The molecular formula is C15H15BrN2O2. The number of rotatable bonds is 4. The third-order valence-electron chi connectivity index (χ3n) is 2.97. The van der Waals surface area contributed by atoms with Gasteiger partial charge in [-0.2, -0.15) is 0 Å². The Kier molecular flexibility index (Phi) is 4.39. The van der Waals surface area contributed by atoms with Crippen molar-refractivity contribution in [3.8, 4) is 0 Å². The second kappa shape index (κ2) is 6.05. The molecule has 1 N–H and O–H groups in total. The first-order valence-corrected chi connectivity index (χ1v) is 6.93. The van der Waals surface area contributed by atoms with E-state index in [0.29, 0.717) is 11.0 Å². The van der Waals surface area contributed by atoms with E-state index >= 15 is 0 Å². The van der Waals surface area contributed by atoms with Gasteiger partial charge >= 0.3 is 5.97 Å². The van der Waals surface area contributed by atoms with Crippen LogP contribution in [0.1, 0.15) is 21.7 Å². The van der Waals surface area contributed by atoms with Gasteiger partial charge in [0, 0.05) is 22.9 Å². The molecule has 0 aliphatic heterocycles. The minimum atomic E-state index is -0.938. The van der Waals surface area contributed by atoms with Crippen LogP contribution in [0.25, 0.3) is 0 Å². The Labute approximate surface area is 126 Å². The Morgan fingerprint density at radius 1 is 1.35 bits per heavy atom. The molecule has 2 aromatic rings. The molecule has 0 spiro atoms. The molecule has 104 valence electrons. The number of halogens is 1. The van der Waals surface area contributed by atoms with E-state index in [-0.39, 0.29) is 5.56 Å². The molecule has 0 saturated carbocycles. The summed E-state index contributed by atoms with van der Waals surface area (Å²) < 4.78 is 0.576. The Hall–Kier alpha value is -1.88. The average molecular weight is 335 g/mol. The van der Waals surface area contributed by atoms with E-state index in [0.717, 1.165) is 17.1 Å². The highest BCUT2D eigenvalue weighted by Crippen LogP contribution is 2.24. The summed E-state index contributed by atoms with van der Waals surface area (Å²) in [5, 5.41) is 9.01. The van der Waals surface area contributed by atoms with Gasteiger partial charge in [-0.05, 0) is 53.2 Å². The fourth-order valence-corrected chi connectivity index (χ4v) is 2.47. The average Bonchev–Trinajstić information content (AvgIpc) is 2.38. The lowest BCUT2D eigenvalue weighted by Gasteiger charge is -2.19. The number of carboxylic acids is 1. The zero-order valence-corrected chi connectivity index (χ0v) is 12.9. The predicted molar refractivity (Wildman–Crippen MR) is 82.2 cm³/mol. The maximum absolute atomic E-state index is 11.0. The molecular weight excluding hydrogens is 320 g/mol. The van der Waals surface area contributed by atoms with E-state index < -0.39 is 5.97 Å². The number of aromatic nitrogens is 1. The lowest BCUT2D eigenvalue weighted by Crippen LogP contribution is -2.17. The van der Waals surface area contributed by atoms with Gasteiger partial charge in [-0.25, -0.2) is 4.79 Å². The minimum Gasteiger partial charge on any atom is -0.478 e. The number of aryl methyl sites for hydroxylation is 1. The van der Waals surface area contributed by atoms with Crippen molar-refractivity contribution < 1.29 is 9.90 Å². The highest BCUT2D eigenvalue weighted by molar-refractivity contribution is 9.10. The number of benzene rings is 1. The Bertz CT molecular complexity index is 644. The molecule has 0 aliphatic carbocycles. The zero-order chi connectivity index (χ0) is 14.7. The van der Waals surface area contributed by atoms with Gasteiger partial charge in [0.15, 0.2) is 0 Å². The van der Waals surface area contributed by atoms with Crippen LogP contribution < -0.4 is 4.90 Å². The molecule has 1 aromatic heterocycles. The fraction of sp³-hybridized carbons (Fsp3) is 0.200. The number of anilines is 1. The molecule has 0 radical (unpaired) electrons. The van der Waals surface area contributed by atoms with Crippen molar-refractivity contribution in [2.45, 2.75) is 13.5 Å². The predicted octanol–water partition coefficient (Wildman–Crippen LogP) is 3.49. The molecule has 1 heterocycles. The van der Waals surface area contributed by atoms with Crippen LogP contribution in [0, 0.1) is 6.92 Å². The smallest absolute Gasteiger partial charge is 0.336 e. The van der Waals surface area contributed by atoms with Crippen LogP contribution in [-0.2, 0) is 6.54 Å². The summed E-state index contributed by atoms with van der Waals surface area (Å²) >= 11 is 3.29. The fourth-order valence-electron chi connectivity index (χ4n) is 1.94. The first kappa shape index (κ1) is 14.5. The zero-order valence-electron chi connectivity index (χ0n) is 11.3. The van der Waals surface area contributed by atoms with Gasteiger partial charge in [0.2, 0.25) is 0 Å². The summed E-state index contributed by atoms with van der Waals surface area (Å²) in [7, 11) is 1.95. The highest BCUT2D eigenvalue weighted by Gasteiger charge is 2.10. The van der Waals surface area contributed by atoms with Gasteiger partial charge in [0.05, 0.1) is 17.8 Å². The van der Waals surface area contributed by atoms with Gasteiger partial charge < -0.3 is 10.0 Å². The summed E-state index contributed by atoms with van der Waals surface area (Å²) in [6.07, 6.45) is 0. The summed E-state index contributed by atoms with van der Waals surface area (Å²) in [6.45, 7) is 2.63. The first-order valence-electron chi connectivity index (χ1n) is 6.14. The molecule has 20 heavy (non-hydrogen) atoms. The van der Waals surface area contributed by atoms with Crippen LogP contribution in [0.2, 0.25) is 0 Å². The van der Waals surface area contributed by atoms with Crippen molar-refractivity contribution in [2.24, 2.45) is 0 Å². The van der Waals surface area contributed by atoms with Crippen molar-refractivity contribution in [3.63, 3.8) is 0 Å². The second-order valence-corrected chi connectivity index (χ2v) is 5.45. The third-order valence-corrected chi connectivity index (χ3v) is 3.63. The molecule has 0 bridgehead atoms. The lowest BCUT2D eigenvalue weighted by molar-refractivity contribution is 0.0696.